The van der Waals surface area contributed by atoms with Crippen molar-refractivity contribution in [2.24, 2.45) is 0 Å². The molecule has 1 saturated heterocycles. The summed E-state index contributed by atoms with van der Waals surface area (Å²) in [4.78, 5) is 27.6. The van der Waals surface area contributed by atoms with E-state index >= 15 is 0 Å². The SMILES string of the molecule is C=C(O[C@H]1[C@H](O)C(O)O[C@@H]1COP(=O)(O)O)C(=O)O. The Hall–Kier alpha value is -1.00. The van der Waals surface area contributed by atoms with Gasteiger partial charge in [0, 0.05) is 0 Å². The van der Waals surface area contributed by atoms with Crippen molar-refractivity contribution in [2.75, 3.05) is 6.61 Å². The van der Waals surface area contributed by atoms with Gasteiger partial charge in [0.15, 0.2) is 18.2 Å². The highest BCUT2D eigenvalue weighted by atomic mass is 31.2. The summed E-state index contributed by atoms with van der Waals surface area (Å²) in [6, 6.07) is 0. The first kappa shape index (κ1) is 16.1. The topological polar surface area (TPSA) is 163 Å². The van der Waals surface area contributed by atoms with Crippen molar-refractivity contribution in [3.63, 3.8) is 0 Å². The Morgan fingerprint density at radius 1 is 1.37 bits per heavy atom. The number of phosphoric ester groups is 1. The van der Waals surface area contributed by atoms with Crippen LogP contribution < -0.4 is 0 Å². The largest absolute Gasteiger partial charge is 0.478 e. The Labute approximate surface area is 107 Å². The van der Waals surface area contributed by atoms with Crippen LogP contribution >= 0.6 is 7.82 Å². The normalized spacial score (nSPS) is 31.2. The molecule has 0 radical (unpaired) electrons. The smallest absolute Gasteiger partial charge is 0.469 e. The van der Waals surface area contributed by atoms with Crippen LogP contribution in [-0.4, -0.2) is 62.3 Å². The second kappa shape index (κ2) is 5.97. The fourth-order valence-corrected chi connectivity index (χ4v) is 1.73. The third-order valence-corrected chi connectivity index (χ3v) is 2.72. The van der Waals surface area contributed by atoms with Crippen molar-refractivity contribution in [3.8, 4) is 0 Å². The summed E-state index contributed by atoms with van der Waals surface area (Å²) in [5.41, 5.74) is 0. The van der Waals surface area contributed by atoms with Gasteiger partial charge in [-0.15, -0.1) is 0 Å². The third-order valence-electron chi connectivity index (χ3n) is 2.23. The van der Waals surface area contributed by atoms with Gasteiger partial charge in [-0.3, -0.25) is 4.52 Å². The summed E-state index contributed by atoms with van der Waals surface area (Å²) in [6.45, 7) is 2.34. The van der Waals surface area contributed by atoms with Crippen LogP contribution in [0.3, 0.4) is 0 Å². The molecule has 1 aliphatic heterocycles. The van der Waals surface area contributed by atoms with Gasteiger partial charge in [-0.2, -0.15) is 0 Å². The molecule has 0 spiro atoms. The molecule has 4 atom stereocenters. The number of hydrogen-bond acceptors (Lipinski definition) is 7. The Balaban J connectivity index is 2.70. The quantitative estimate of drug-likeness (QED) is 0.214. The molecular formula is C8H13O10P. The number of aliphatic hydroxyl groups is 2. The standard InChI is InChI=1S/C8H13O10P/c1-3(7(10)11)17-6-4(2-16-19(13,14)15)18-8(12)5(6)9/h4-6,8-9,12H,1-2H2,(H,10,11)(H2,13,14,15)/t4-,5+,6-,8?/m1/s1. The van der Waals surface area contributed by atoms with E-state index in [9.17, 15) is 19.6 Å². The van der Waals surface area contributed by atoms with Crippen molar-refractivity contribution in [1.29, 1.82) is 0 Å². The van der Waals surface area contributed by atoms with E-state index < -0.39 is 50.8 Å². The summed E-state index contributed by atoms with van der Waals surface area (Å²) in [7, 11) is -4.78. The van der Waals surface area contributed by atoms with Gasteiger partial charge in [-0.1, -0.05) is 0 Å². The van der Waals surface area contributed by atoms with Crippen LogP contribution in [0.25, 0.3) is 0 Å². The molecular weight excluding hydrogens is 287 g/mol. The van der Waals surface area contributed by atoms with E-state index in [2.05, 4.69) is 11.1 Å². The number of ether oxygens (including phenoxy) is 2. The highest BCUT2D eigenvalue weighted by Gasteiger charge is 2.46. The van der Waals surface area contributed by atoms with Gasteiger partial charge >= 0.3 is 13.8 Å². The average molecular weight is 300 g/mol. The van der Waals surface area contributed by atoms with Crippen LogP contribution in [0.1, 0.15) is 0 Å². The third kappa shape index (κ3) is 4.55. The van der Waals surface area contributed by atoms with Gasteiger partial charge < -0.3 is 34.6 Å². The molecule has 11 heteroatoms. The maximum atomic E-state index is 10.5. The predicted molar refractivity (Wildman–Crippen MR) is 56.5 cm³/mol. The highest BCUT2D eigenvalue weighted by molar-refractivity contribution is 7.46. The number of aliphatic carboxylic acids is 1. The first-order valence-electron chi connectivity index (χ1n) is 4.92. The zero-order valence-electron chi connectivity index (χ0n) is 9.45. The minimum absolute atomic E-state index is 0.712. The van der Waals surface area contributed by atoms with Gasteiger partial charge in [0.25, 0.3) is 0 Å². The second-order valence-electron chi connectivity index (χ2n) is 3.65. The van der Waals surface area contributed by atoms with Crippen molar-refractivity contribution < 1.29 is 48.5 Å². The van der Waals surface area contributed by atoms with E-state index in [0.29, 0.717) is 0 Å². The second-order valence-corrected chi connectivity index (χ2v) is 4.89. The van der Waals surface area contributed by atoms with Crippen molar-refractivity contribution in [3.05, 3.63) is 12.3 Å². The zero-order chi connectivity index (χ0) is 14.8. The van der Waals surface area contributed by atoms with Gasteiger partial charge in [-0.05, 0) is 6.58 Å². The van der Waals surface area contributed by atoms with Crippen LogP contribution in [0.5, 0.6) is 0 Å². The van der Waals surface area contributed by atoms with Crippen LogP contribution in [0, 0.1) is 0 Å². The van der Waals surface area contributed by atoms with Crippen LogP contribution in [0.2, 0.25) is 0 Å². The summed E-state index contributed by atoms with van der Waals surface area (Å²) < 4.78 is 24.2. The predicted octanol–water partition coefficient (Wildman–Crippen LogP) is -1.84. The van der Waals surface area contributed by atoms with E-state index in [1.54, 1.807) is 0 Å². The Bertz CT molecular complexity index is 402. The number of hydrogen-bond donors (Lipinski definition) is 5. The summed E-state index contributed by atoms with van der Waals surface area (Å²) in [6.07, 6.45) is -5.96. The van der Waals surface area contributed by atoms with Crippen LogP contribution in [0.15, 0.2) is 12.3 Å². The van der Waals surface area contributed by atoms with E-state index in [-0.39, 0.29) is 0 Å². The maximum Gasteiger partial charge on any atom is 0.469 e. The number of rotatable bonds is 6. The maximum absolute atomic E-state index is 10.5. The molecule has 0 aromatic carbocycles. The fourth-order valence-electron chi connectivity index (χ4n) is 1.38. The summed E-state index contributed by atoms with van der Waals surface area (Å²) >= 11 is 0. The fraction of sp³-hybridized carbons (Fsp3) is 0.625. The highest BCUT2D eigenvalue weighted by Crippen LogP contribution is 2.37. The summed E-state index contributed by atoms with van der Waals surface area (Å²) in [5, 5.41) is 27.3. The molecule has 0 aromatic rings. The van der Waals surface area contributed by atoms with Crippen molar-refractivity contribution >= 4 is 13.8 Å². The lowest BCUT2D eigenvalue weighted by Crippen LogP contribution is -2.37. The van der Waals surface area contributed by atoms with Crippen LogP contribution in [-0.2, 0) is 23.4 Å². The lowest BCUT2D eigenvalue weighted by molar-refractivity contribution is -0.139. The van der Waals surface area contributed by atoms with Gasteiger partial charge in [-0.25, -0.2) is 9.36 Å². The molecule has 0 bridgehead atoms. The minimum Gasteiger partial charge on any atom is -0.478 e. The number of carboxylic acids is 1. The van der Waals surface area contributed by atoms with E-state index in [0.717, 1.165) is 0 Å². The molecule has 0 aliphatic carbocycles. The van der Waals surface area contributed by atoms with E-state index in [1.165, 1.54) is 0 Å². The van der Waals surface area contributed by atoms with Gasteiger partial charge in [0.1, 0.15) is 12.2 Å². The molecule has 0 amide bonds. The molecule has 1 aliphatic rings. The molecule has 0 saturated carbocycles. The lowest BCUT2D eigenvalue weighted by atomic mass is 10.1. The van der Waals surface area contributed by atoms with Gasteiger partial charge in [0.2, 0.25) is 0 Å². The zero-order valence-corrected chi connectivity index (χ0v) is 10.3. The molecule has 1 unspecified atom stereocenters. The molecule has 5 N–H and O–H groups in total. The number of carbonyl (C=O) groups is 1. The van der Waals surface area contributed by atoms with E-state index in [1.807, 2.05) is 0 Å². The molecule has 1 fully saturated rings. The number of carboxylic acid groups (broad SMARTS) is 1. The molecule has 10 nitrogen and oxygen atoms in total. The first-order valence-corrected chi connectivity index (χ1v) is 6.45. The van der Waals surface area contributed by atoms with Crippen molar-refractivity contribution in [1.82, 2.24) is 0 Å². The number of aliphatic hydroxyl groups excluding tert-OH is 2. The number of phosphoric acid groups is 1. The van der Waals surface area contributed by atoms with Crippen molar-refractivity contribution in [2.45, 2.75) is 24.6 Å². The molecule has 19 heavy (non-hydrogen) atoms. The average Bonchev–Trinajstić information content (AvgIpc) is 2.53. The Morgan fingerprint density at radius 3 is 2.42 bits per heavy atom. The Morgan fingerprint density at radius 2 is 1.95 bits per heavy atom. The van der Waals surface area contributed by atoms with Gasteiger partial charge in [0.05, 0.1) is 6.61 Å². The summed E-state index contributed by atoms with van der Waals surface area (Å²) in [5.74, 6) is -2.22. The lowest BCUT2D eigenvalue weighted by Gasteiger charge is -2.21. The minimum atomic E-state index is -4.78. The molecule has 1 rings (SSSR count). The monoisotopic (exact) mass is 300 g/mol. The van der Waals surface area contributed by atoms with E-state index in [4.69, 9.17) is 24.4 Å². The van der Waals surface area contributed by atoms with Crippen LogP contribution in [0.4, 0.5) is 0 Å². The first-order chi connectivity index (χ1) is 8.61. The molecule has 110 valence electrons. The molecule has 0 aromatic heterocycles. The molecule has 1 heterocycles. The Kier molecular flexibility index (Phi) is 5.04.